The molecule has 6 nitrogen and oxygen atoms in total. The Labute approximate surface area is 156 Å². The van der Waals surface area contributed by atoms with Crippen LogP contribution in [0.25, 0.3) is 0 Å². The Bertz CT molecular complexity index is 909. The number of nitrogens with one attached hydrogen (secondary N) is 1. The molecule has 0 saturated carbocycles. The van der Waals surface area contributed by atoms with E-state index in [9.17, 15) is 20.2 Å². The van der Waals surface area contributed by atoms with Gasteiger partial charge in [-0.2, -0.15) is 5.26 Å². The molecule has 1 aromatic carbocycles. The number of rotatable bonds is 3. The lowest BCUT2D eigenvalue weighted by molar-refractivity contribution is -0.385. The van der Waals surface area contributed by atoms with Crippen LogP contribution in [0, 0.1) is 26.9 Å². The summed E-state index contributed by atoms with van der Waals surface area (Å²) in [6.45, 7) is 4.05. The molecule has 0 spiro atoms. The summed E-state index contributed by atoms with van der Waals surface area (Å²) in [7, 11) is 0. The van der Waals surface area contributed by atoms with Gasteiger partial charge in [0.15, 0.2) is 5.78 Å². The largest absolute Gasteiger partial charge is 0.352 e. The van der Waals surface area contributed by atoms with Crippen molar-refractivity contribution in [1.29, 1.82) is 5.26 Å². The van der Waals surface area contributed by atoms with Gasteiger partial charge in [0.2, 0.25) is 0 Å². The van der Waals surface area contributed by atoms with Gasteiger partial charge < -0.3 is 5.32 Å². The maximum atomic E-state index is 13.0. The van der Waals surface area contributed by atoms with Crippen LogP contribution in [0.3, 0.4) is 0 Å². The highest BCUT2D eigenvalue weighted by Gasteiger charge is 2.43. The summed E-state index contributed by atoms with van der Waals surface area (Å²) in [5, 5.41) is 25.2. The van der Waals surface area contributed by atoms with Gasteiger partial charge in [-0.1, -0.05) is 32.0 Å². The zero-order valence-corrected chi connectivity index (χ0v) is 15.6. The van der Waals surface area contributed by atoms with Crippen molar-refractivity contribution in [2.45, 2.75) is 32.6 Å². The second kappa shape index (κ2) is 6.61. The van der Waals surface area contributed by atoms with Crippen LogP contribution in [-0.4, -0.2) is 17.0 Å². The van der Waals surface area contributed by atoms with Gasteiger partial charge in [-0.15, -0.1) is 11.8 Å². The summed E-state index contributed by atoms with van der Waals surface area (Å²) in [5.74, 6) is -0.760. The highest BCUT2D eigenvalue weighted by Crippen LogP contribution is 2.49. The quantitative estimate of drug-likeness (QED) is 0.638. The minimum atomic E-state index is -0.705. The van der Waals surface area contributed by atoms with E-state index in [1.807, 2.05) is 20.1 Å². The number of Topliss-reactive ketones (excluding diaryl/α,β-unsaturated/α-hetero) is 1. The Morgan fingerprint density at radius 2 is 2.04 bits per heavy atom. The lowest BCUT2D eigenvalue weighted by Gasteiger charge is -2.38. The second-order valence-electron chi connectivity index (χ2n) is 7.27. The van der Waals surface area contributed by atoms with E-state index < -0.39 is 10.8 Å². The van der Waals surface area contributed by atoms with Crippen LogP contribution < -0.4 is 5.32 Å². The number of carbonyl (C=O) groups is 1. The van der Waals surface area contributed by atoms with Crippen LogP contribution in [0.1, 0.15) is 38.2 Å². The van der Waals surface area contributed by atoms with Crippen molar-refractivity contribution in [3.05, 3.63) is 61.8 Å². The first-order chi connectivity index (χ1) is 12.3. The Kier molecular flexibility index (Phi) is 4.63. The fourth-order valence-electron chi connectivity index (χ4n) is 3.75. The highest BCUT2D eigenvalue weighted by molar-refractivity contribution is 8.02. The minimum Gasteiger partial charge on any atom is -0.352 e. The molecule has 2 aliphatic rings. The number of carbonyl (C=O) groups excluding carboxylic acids is 1. The average Bonchev–Trinajstić information content (AvgIpc) is 2.58. The maximum absolute atomic E-state index is 13.0. The van der Waals surface area contributed by atoms with Gasteiger partial charge >= 0.3 is 0 Å². The molecule has 0 saturated heterocycles. The number of ketones is 1. The van der Waals surface area contributed by atoms with Crippen molar-refractivity contribution < 1.29 is 9.72 Å². The normalized spacial score (nSPS) is 21.8. The van der Waals surface area contributed by atoms with Gasteiger partial charge in [0.1, 0.15) is 0 Å². The van der Waals surface area contributed by atoms with Gasteiger partial charge in [-0.3, -0.25) is 14.9 Å². The molecule has 0 radical (unpaired) electrons. The molecule has 0 unspecified atom stereocenters. The van der Waals surface area contributed by atoms with Gasteiger partial charge in [0, 0.05) is 29.3 Å². The van der Waals surface area contributed by atoms with Gasteiger partial charge in [-0.05, 0) is 18.1 Å². The fourth-order valence-corrected chi connectivity index (χ4v) is 4.35. The molecule has 7 heteroatoms. The molecular weight excluding hydrogens is 350 g/mol. The summed E-state index contributed by atoms with van der Waals surface area (Å²) in [6, 6.07) is 8.54. The van der Waals surface area contributed by atoms with E-state index in [2.05, 4.69) is 11.4 Å². The molecule has 0 amide bonds. The molecule has 0 bridgehead atoms. The van der Waals surface area contributed by atoms with Crippen molar-refractivity contribution >= 4 is 23.2 Å². The fraction of sp³-hybridized carbons (Fsp3) is 0.368. The molecule has 1 aliphatic carbocycles. The van der Waals surface area contributed by atoms with Gasteiger partial charge in [0.05, 0.1) is 27.5 Å². The van der Waals surface area contributed by atoms with Gasteiger partial charge in [-0.25, -0.2) is 0 Å². The number of nitro benzene ring substituents is 1. The third-order valence-electron chi connectivity index (χ3n) is 4.78. The molecule has 134 valence electrons. The van der Waals surface area contributed by atoms with Crippen LogP contribution in [0.4, 0.5) is 5.69 Å². The summed E-state index contributed by atoms with van der Waals surface area (Å²) >= 11 is 1.38. The summed E-state index contributed by atoms with van der Waals surface area (Å²) in [5.41, 5.74) is 1.76. The third-order valence-corrected chi connectivity index (χ3v) is 5.51. The number of thioether (sulfide) groups is 1. The number of hydrogen-bond donors (Lipinski definition) is 1. The summed E-state index contributed by atoms with van der Waals surface area (Å²) in [4.78, 5) is 24.0. The van der Waals surface area contributed by atoms with Crippen LogP contribution in [0.2, 0.25) is 0 Å². The minimum absolute atomic E-state index is 0.0557. The van der Waals surface area contributed by atoms with Crippen molar-refractivity contribution in [2.24, 2.45) is 5.41 Å². The number of hydrogen-bond acceptors (Lipinski definition) is 6. The summed E-state index contributed by atoms with van der Waals surface area (Å²) in [6.07, 6.45) is 2.86. The number of allylic oxidation sites excluding steroid dienone is 3. The van der Waals surface area contributed by atoms with Gasteiger partial charge in [0.25, 0.3) is 5.69 Å². The second-order valence-corrected chi connectivity index (χ2v) is 8.08. The SMILES string of the molecule is CSC1=C(C#N)[C@H](c2ccccc2[N+](=O)[O-])C2=C(CC(C)(C)CC2=O)N1. The van der Waals surface area contributed by atoms with Crippen LogP contribution >= 0.6 is 11.8 Å². The number of nitro groups is 1. The molecule has 1 aliphatic heterocycles. The molecule has 1 N–H and O–H groups in total. The van der Waals surface area contributed by atoms with Crippen molar-refractivity contribution in [1.82, 2.24) is 5.32 Å². The van der Waals surface area contributed by atoms with E-state index >= 15 is 0 Å². The first kappa shape index (κ1) is 18.2. The number of nitrogens with zero attached hydrogens (tertiary/aromatic N) is 2. The Morgan fingerprint density at radius 1 is 1.35 bits per heavy atom. The average molecular weight is 369 g/mol. The van der Waals surface area contributed by atoms with Crippen molar-refractivity contribution in [3.63, 3.8) is 0 Å². The number of benzene rings is 1. The van der Waals surface area contributed by atoms with Crippen molar-refractivity contribution in [3.8, 4) is 6.07 Å². The zero-order chi connectivity index (χ0) is 19.1. The van der Waals surface area contributed by atoms with Crippen LogP contribution in [0.5, 0.6) is 0 Å². The molecule has 26 heavy (non-hydrogen) atoms. The zero-order valence-electron chi connectivity index (χ0n) is 14.8. The predicted octanol–water partition coefficient (Wildman–Crippen LogP) is 4.02. The maximum Gasteiger partial charge on any atom is 0.273 e. The topological polar surface area (TPSA) is 96.0 Å². The van der Waals surface area contributed by atoms with E-state index in [4.69, 9.17) is 0 Å². The van der Waals surface area contributed by atoms with Crippen LogP contribution in [-0.2, 0) is 4.79 Å². The molecule has 0 fully saturated rings. The van der Waals surface area contributed by atoms with Crippen molar-refractivity contribution in [2.75, 3.05) is 6.26 Å². The monoisotopic (exact) mass is 369 g/mol. The van der Waals surface area contributed by atoms with E-state index in [1.54, 1.807) is 18.2 Å². The van der Waals surface area contributed by atoms with Crippen LogP contribution in [0.15, 0.2) is 46.1 Å². The lowest BCUT2D eigenvalue weighted by Crippen LogP contribution is -2.37. The van der Waals surface area contributed by atoms with E-state index in [0.29, 0.717) is 34.6 Å². The molecule has 1 aromatic rings. The van der Waals surface area contributed by atoms with E-state index in [-0.39, 0.29) is 16.9 Å². The first-order valence-corrected chi connectivity index (χ1v) is 9.46. The molecule has 3 rings (SSSR count). The Morgan fingerprint density at radius 3 is 2.65 bits per heavy atom. The summed E-state index contributed by atoms with van der Waals surface area (Å²) < 4.78 is 0. The molecule has 1 heterocycles. The smallest absolute Gasteiger partial charge is 0.273 e. The predicted molar refractivity (Wildman–Crippen MR) is 100 cm³/mol. The van der Waals surface area contributed by atoms with E-state index in [1.165, 1.54) is 17.8 Å². The lowest BCUT2D eigenvalue weighted by atomic mass is 9.69. The third kappa shape index (κ3) is 3.01. The molecule has 0 aromatic heterocycles. The Balaban J connectivity index is 2.28. The number of para-hydroxylation sites is 1. The highest BCUT2D eigenvalue weighted by atomic mass is 32.2. The standard InChI is InChI=1S/C19H19N3O3S/c1-19(2)8-13-17(15(23)9-19)16(12(10-20)18(21-13)26-3)11-6-4-5-7-14(11)22(24)25/h4-7,16,21H,8-9H2,1-3H3/t16-/m0/s1. The number of nitriles is 1. The first-order valence-electron chi connectivity index (χ1n) is 8.24. The molecule has 1 atom stereocenters. The van der Waals surface area contributed by atoms with E-state index in [0.717, 1.165) is 5.70 Å². The Hall–Kier alpha value is -2.59. The number of dihydropyridines is 1. The molecular formula is C19H19N3O3S.